The van der Waals surface area contributed by atoms with Crippen molar-refractivity contribution in [2.24, 2.45) is 0 Å². The van der Waals surface area contributed by atoms with E-state index in [4.69, 9.17) is 30.9 Å². The molecule has 5 nitrogen and oxygen atoms in total. The number of allylic oxidation sites excluding steroid dienone is 2. The molecule has 2 aromatic heterocycles. The molecule has 4 rings (SSSR count). The second-order valence-corrected chi connectivity index (χ2v) is 8.31. The van der Waals surface area contributed by atoms with Crippen molar-refractivity contribution in [3.63, 3.8) is 0 Å². The van der Waals surface area contributed by atoms with Gasteiger partial charge in [-0.25, -0.2) is 4.98 Å². The number of likely N-dealkylation sites (tertiary alicyclic amines) is 1. The van der Waals surface area contributed by atoms with E-state index >= 15 is 0 Å². The van der Waals surface area contributed by atoms with Crippen LogP contribution in [0, 0.1) is 12.3 Å². The zero-order valence-electron chi connectivity index (χ0n) is 18.1. The Kier molecular flexibility index (Phi) is 6.99. The summed E-state index contributed by atoms with van der Waals surface area (Å²) in [6.07, 6.45) is 14.9. The quantitative estimate of drug-likeness (QED) is 0.358. The number of anilines is 1. The molecular weight excluding hydrogens is 417 g/mol. The minimum Gasteiger partial charge on any atom is -0.367 e. The van der Waals surface area contributed by atoms with Crippen LogP contribution in [0.5, 0.6) is 0 Å². The Bertz CT molecular complexity index is 1200. The second kappa shape index (κ2) is 10.1. The number of hydrogen-bond donors (Lipinski definition) is 1. The molecule has 160 valence electrons. The number of hydrogen-bond acceptors (Lipinski definition) is 4. The Morgan fingerprint density at radius 2 is 2.12 bits per heavy atom. The van der Waals surface area contributed by atoms with Gasteiger partial charge in [-0.3, -0.25) is 4.90 Å². The van der Waals surface area contributed by atoms with Crippen molar-refractivity contribution in [2.75, 3.05) is 25.0 Å². The SMILES string of the molecule is [B]c1cnn2c(NC3CCN(CC(/C=C\C#C)=C/C)CC3)cc(-c3ccccc3Cl)nc12. The lowest BCUT2D eigenvalue weighted by atomic mass is 10.0. The molecule has 1 N–H and O–H groups in total. The van der Waals surface area contributed by atoms with Gasteiger partial charge in [-0.15, -0.1) is 6.42 Å². The van der Waals surface area contributed by atoms with Crippen molar-refractivity contribution >= 4 is 36.4 Å². The molecule has 0 atom stereocenters. The Morgan fingerprint density at radius 3 is 2.84 bits per heavy atom. The van der Waals surface area contributed by atoms with Crippen LogP contribution in [-0.2, 0) is 0 Å². The first-order valence-electron chi connectivity index (χ1n) is 10.7. The number of aromatic nitrogens is 3. The normalized spacial score (nSPS) is 16.0. The average molecular weight is 442 g/mol. The van der Waals surface area contributed by atoms with Gasteiger partial charge in [0.15, 0.2) is 5.65 Å². The molecule has 0 amide bonds. The molecule has 1 aliphatic heterocycles. The summed E-state index contributed by atoms with van der Waals surface area (Å²) < 4.78 is 1.77. The summed E-state index contributed by atoms with van der Waals surface area (Å²) in [5, 5.41) is 8.75. The molecule has 1 aromatic carbocycles. The molecule has 1 aliphatic rings. The van der Waals surface area contributed by atoms with E-state index in [1.807, 2.05) is 43.3 Å². The van der Waals surface area contributed by atoms with Crippen LogP contribution in [0.3, 0.4) is 0 Å². The van der Waals surface area contributed by atoms with Crippen LogP contribution < -0.4 is 10.8 Å². The summed E-state index contributed by atoms with van der Waals surface area (Å²) in [7, 11) is 6.14. The van der Waals surface area contributed by atoms with Crippen molar-refractivity contribution in [2.45, 2.75) is 25.8 Å². The lowest BCUT2D eigenvalue weighted by Gasteiger charge is -2.33. The summed E-state index contributed by atoms with van der Waals surface area (Å²) in [6.45, 7) is 4.97. The third-order valence-electron chi connectivity index (χ3n) is 5.76. The first-order valence-corrected chi connectivity index (χ1v) is 11.1. The first-order chi connectivity index (χ1) is 15.6. The van der Waals surface area contributed by atoms with Crippen LogP contribution in [0.25, 0.3) is 16.9 Å². The fourth-order valence-electron chi connectivity index (χ4n) is 3.99. The van der Waals surface area contributed by atoms with Gasteiger partial charge >= 0.3 is 0 Å². The van der Waals surface area contributed by atoms with Gasteiger partial charge < -0.3 is 5.32 Å². The largest absolute Gasteiger partial charge is 0.367 e. The monoisotopic (exact) mass is 441 g/mol. The Morgan fingerprint density at radius 1 is 1.34 bits per heavy atom. The first kappa shape index (κ1) is 22.2. The van der Waals surface area contributed by atoms with Gasteiger partial charge in [-0.05, 0) is 49.0 Å². The van der Waals surface area contributed by atoms with E-state index < -0.39 is 0 Å². The highest BCUT2D eigenvalue weighted by Crippen LogP contribution is 2.29. The standard InChI is InChI=1S/C25H25BClN5/c1-3-5-8-18(4-2)17-31-13-11-19(12-14-31)29-24-15-23(20-9-6-7-10-22(20)27)30-25-21(26)16-28-32(24)25/h1,4-10,15-16,19,29H,11-14,17H2,2H3/b8-5-,18-4+. The number of benzene rings is 1. The third kappa shape index (κ3) is 4.90. The average Bonchev–Trinajstić information content (AvgIpc) is 3.19. The van der Waals surface area contributed by atoms with E-state index in [0.29, 0.717) is 22.2 Å². The smallest absolute Gasteiger partial charge is 0.150 e. The minimum absolute atomic E-state index is 0.330. The van der Waals surface area contributed by atoms with Crippen LogP contribution in [-0.4, -0.2) is 53.0 Å². The van der Waals surface area contributed by atoms with Crippen molar-refractivity contribution in [3.05, 3.63) is 65.4 Å². The van der Waals surface area contributed by atoms with Gasteiger partial charge in [0.05, 0.1) is 5.69 Å². The Balaban J connectivity index is 1.51. The maximum atomic E-state index is 6.43. The van der Waals surface area contributed by atoms with E-state index in [2.05, 4.69) is 27.3 Å². The summed E-state index contributed by atoms with van der Waals surface area (Å²) in [4.78, 5) is 7.17. The lowest BCUT2D eigenvalue weighted by Crippen LogP contribution is -2.40. The van der Waals surface area contributed by atoms with Crippen LogP contribution in [0.1, 0.15) is 19.8 Å². The molecule has 2 radical (unpaired) electrons. The van der Waals surface area contributed by atoms with E-state index in [0.717, 1.165) is 49.6 Å². The molecule has 3 aromatic rings. The minimum atomic E-state index is 0.330. The summed E-state index contributed by atoms with van der Waals surface area (Å²) >= 11 is 6.43. The maximum absolute atomic E-state index is 6.43. The molecule has 3 heterocycles. The van der Waals surface area contributed by atoms with Crippen LogP contribution in [0.4, 0.5) is 5.82 Å². The second-order valence-electron chi connectivity index (χ2n) is 7.90. The Labute approximate surface area is 195 Å². The number of halogens is 1. The number of nitrogens with one attached hydrogen (secondary N) is 1. The van der Waals surface area contributed by atoms with Gasteiger partial charge in [0, 0.05) is 48.5 Å². The number of piperidine rings is 1. The molecule has 1 saturated heterocycles. The van der Waals surface area contributed by atoms with E-state index in [1.54, 1.807) is 16.8 Å². The van der Waals surface area contributed by atoms with E-state index in [-0.39, 0.29) is 0 Å². The van der Waals surface area contributed by atoms with Crippen molar-refractivity contribution in [3.8, 4) is 23.6 Å². The molecule has 0 spiro atoms. The van der Waals surface area contributed by atoms with Crippen molar-refractivity contribution in [1.82, 2.24) is 19.5 Å². The van der Waals surface area contributed by atoms with Crippen LogP contribution in [0.15, 0.2) is 60.3 Å². The highest BCUT2D eigenvalue weighted by Gasteiger charge is 2.21. The zero-order valence-corrected chi connectivity index (χ0v) is 18.9. The lowest BCUT2D eigenvalue weighted by molar-refractivity contribution is 0.236. The molecule has 0 unspecified atom stereocenters. The molecule has 32 heavy (non-hydrogen) atoms. The molecule has 7 heteroatoms. The fourth-order valence-corrected chi connectivity index (χ4v) is 4.22. The van der Waals surface area contributed by atoms with Crippen molar-refractivity contribution < 1.29 is 0 Å². The molecule has 0 saturated carbocycles. The van der Waals surface area contributed by atoms with Crippen LogP contribution >= 0.6 is 11.6 Å². The van der Waals surface area contributed by atoms with Gasteiger partial charge in [0.1, 0.15) is 13.7 Å². The number of terminal acetylenes is 1. The third-order valence-corrected chi connectivity index (χ3v) is 6.09. The predicted molar refractivity (Wildman–Crippen MR) is 134 cm³/mol. The topological polar surface area (TPSA) is 45.5 Å². The maximum Gasteiger partial charge on any atom is 0.150 e. The predicted octanol–water partition coefficient (Wildman–Crippen LogP) is 3.86. The van der Waals surface area contributed by atoms with Crippen molar-refractivity contribution in [1.29, 1.82) is 0 Å². The highest BCUT2D eigenvalue weighted by atomic mass is 35.5. The van der Waals surface area contributed by atoms with Gasteiger partial charge in [0.2, 0.25) is 0 Å². The van der Waals surface area contributed by atoms with E-state index in [1.165, 1.54) is 5.57 Å². The van der Waals surface area contributed by atoms with Crippen LogP contribution in [0.2, 0.25) is 5.02 Å². The molecule has 0 aliphatic carbocycles. The molecule has 1 fully saturated rings. The summed E-state index contributed by atoms with van der Waals surface area (Å²) in [6, 6.07) is 10.0. The highest BCUT2D eigenvalue weighted by molar-refractivity contribution is 6.36. The number of rotatable bonds is 6. The molecular formula is C25H25BClN5. The van der Waals surface area contributed by atoms with Gasteiger partial charge in [-0.1, -0.05) is 41.8 Å². The van der Waals surface area contributed by atoms with E-state index in [9.17, 15) is 0 Å². The zero-order chi connectivity index (χ0) is 22.5. The van der Waals surface area contributed by atoms with Gasteiger partial charge in [0.25, 0.3) is 0 Å². The molecule has 0 bridgehead atoms. The van der Waals surface area contributed by atoms with Gasteiger partial charge in [-0.2, -0.15) is 9.61 Å². The summed E-state index contributed by atoms with van der Waals surface area (Å²) in [5.41, 5.74) is 4.04. The Hall–Kier alpha value is -3.01. The summed E-state index contributed by atoms with van der Waals surface area (Å²) in [5.74, 6) is 3.43. The fraction of sp³-hybridized carbons (Fsp3) is 0.280. The number of nitrogens with zero attached hydrogens (tertiary/aromatic N) is 4. The number of fused-ring (bicyclic) bond motifs is 1.